The molecule has 9 nitrogen and oxygen atoms in total. The number of carbonyl (C=O) groups is 1. The summed E-state index contributed by atoms with van der Waals surface area (Å²) in [5.74, 6) is -0.419. The first-order valence-electron chi connectivity index (χ1n) is 8.36. The van der Waals surface area contributed by atoms with Crippen LogP contribution in [0.15, 0.2) is 33.9 Å². The zero-order chi connectivity index (χ0) is 18.7. The molecule has 26 heavy (non-hydrogen) atoms. The summed E-state index contributed by atoms with van der Waals surface area (Å²) in [6, 6.07) is 4.62. The number of rotatable bonds is 5. The molecular weight excluding hydrogens is 360 g/mol. The van der Waals surface area contributed by atoms with Crippen LogP contribution in [0.1, 0.15) is 13.8 Å². The lowest BCUT2D eigenvalue weighted by Crippen LogP contribution is -2.43. The number of aromatic nitrogens is 2. The number of nitrogens with zero attached hydrogens (tertiary/aromatic N) is 2. The van der Waals surface area contributed by atoms with Crippen LogP contribution < -0.4 is 5.32 Å². The van der Waals surface area contributed by atoms with Crippen molar-refractivity contribution in [2.24, 2.45) is 5.92 Å². The first-order chi connectivity index (χ1) is 12.4. The molecule has 3 heterocycles. The summed E-state index contributed by atoms with van der Waals surface area (Å²) in [4.78, 5) is 12.3. The predicted octanol–water partition coefficient (Wildman–Crippen LogP) is 0.831. The van der Waals surface area contributed by atoms with Crippen molar-refractivity contribution in [1.29, 1.82) is 0 Å². The van der Waals surface area contributed by atoms with Crippen molar-refractivity contribution in [2.75, 3.05) is 26.3 Å². The van der Waals surface area contributed by atoms with Gasteiger partial charge in [0, 0.05) is 25.3 Å². The molecule has 1 amide bonds. The first-order valence-corrected chi connectivity index (χ1v) is 9.80. The summed E-state index contributed by atoms with van der Waals surface area (Å²) in [6.45, 7) is 4.31. The quantitative estimate of drug-likeness (QED) is 0.791. The minimum atomic E-state index is -3.88. The van der Waals surface area contributed by atoms with Crippen molar-refractivity contribution in [3.8, 4) is 11.5 Å². The number of ether oxygens (including phenoxy) is 1. The molecule has 2 aromatic heterocycles. The molecule has 2 aromatic rings. The highest BCUT2D eigenvalue weighted by atomic mass is 32.2. The summed E-state index contributed by atoms with van der Waals surface area (Å²) < 4.78 is 38.0. The van der Waals surface area contributed by atoms with Gasteiger partial charge in [0.2, 0.25) is 11.0 Å². The zero-order valence-corrected chi connectivity index (χ0v) is 15.5. The van der Waals surface area contributed by atoms with Crippen molar-refractivity contribution in [3.05, 3.63) is 24.4 Å². The van der Waals surface area contributed by atoms with Crippen molar-refractivity contribution >= 4 is 15.9 Å². The van der Waals surface area contributed by atoms with Gasteiger partial charge in [0.15, 0.2) is 5.76 Å². The number of aromatic amines is 1. The summed E-state index contributed by atoms with van der Waals surface area (Å²) in [7, 11) is -3.88. The molecule has 3 rings (SSSR count). The fourth-order valence-electron chi connectivity index (χ4n) is 2.68. The molecule has 0 bridgehead atoms. The van der Waals surface area contributed by atoms with E-state index < -0.39 is 15.9 Å². The lowest BCUT2D eigenvalue weighted by atomic mass is 10.1. The summed E-state index contributed by atoms with van der Waals surface area (Å²) in [5.41, 5.74) is 0.583. The third-order valence-electron chi connectivity index (χ3n) is 3.97. The lowest BCUT2D eigenvalue weighted by molar-refractivity contribution is -0.127. The molecule has 1 aliphatic heterocycles. The van der Waals surface area contributed by atoms with E-state index in [1.807, 2.05) is 13.8 Å². The number of H-pyrrole nitrogens is 1. The monoisotopic (exact) mass is 382 g/mol. The van der Waals surface area contributed by atoms with E-state index in [2.05, 4.69) is 15.5 Å². The molecule has 0 spiro atoms. The highest BCUT2D eigenvalue weighted by Crippen LogP contribution is 2.26. The smallest absolute Gasteiger partial charge is 0.276 e. The van der Waals surface area contributed by atoms with E-state index in [1.54, 1.807) is 18.3 Å². The molecule has 1 atom stereocenters. The second-order valence-electron chi connectivity index (χ2n) is 6.39. The standard InChI is InChI=1S/C16H22N4O5S/c1-11(2)18-16(21)12-9-20(7-8-24-10-12)26(22,23)15-4-3-14(25-15)13-5-6-17-19-13/h3-6,11-12H,7-10H2,1-2H3,(H,17,19)(H,18,21). The molecule has 1 unspecified atom stereocenters. The van der Waals surface area contributed by atoms with E-state index in [-0.39, 0.29) is 43.3 Å². The minimum Gasteiger partial charge on any atom is -0.442 e. The van der Waals surface area contributed by atoms with Crippen LogP contribution in [0.3, 0.4) is 0 Å². The lowest BCUT2D eigenvalue weighted by Gasteiger charge is -2.22. The SMILES string of the molecule is CC(C)NC(=O)C1COCCN(S(=O)(=O)c2ccc(-c3ccn[nH]3)o2)C1. The molecule has 0 saturated carbocycles. The second kappa shape index (κ2) is 7.60. The summed E-state index contributed by atoms with van der Waals surface area (Å²) in [6.07, 6.45) is 1.55. The van der Waals surface area contributed by atoms with Crippen LogP contribution in [0.25, 0.3) is 11.5 Å². The third-order valence-corrected chi connectivity index (χ3v) is 5.71. The van der Waals surface area contributed by atoms with Gasteiger partial charge in [0.25, 0.3) is 10.0 Å². The molecule has 142 valence electrons. The number of sulfonamides is 1. The molecule has 10 heteroatoms. The predicted molar refractivity (Wildman–Crippen MR) is 92.6 cm³/mol. The molecule has 0 aliphatic carbocycles. The fraction of sp³-hybridized carbons (Fsp3) is 0.500. The maximum absolute atomic E-state index is 12.9. The highest BCUT2D eigenvalue weighted by molar-refractivity contribution is 7.89. The third kappa shape index (κ3) is 3.97. The number of nitrogens with one attached hydrogen (secondary N) is 2. The Morgan fingerprint density at radius 2 is 2.19 bits per heavy atom. The zero-order valence-electron chi connectivity index (χ0n) is 14.6. The minimum absolute atomic E-state index is 0.0298. The van der Waals surface area contributed by atoms with Gasteiger partial charge in [-0.1, -0.05) is 0 Å². The Hall–Kier alpha value is -2.17. The number of furan rings is 1. The van der Waals surface area contributed by atoms with E-state index in [1.165, 1.54) is 10.4 Å². The van der Waals surface area contributed by atoms with E-state index in [0.29, 0.717) is 11.5 Å². The van der Waals surface area contributed by atoms with Gasteiger partial charge >= 0.3 is 0 Å². The maximum atomic E-state index is 12.9. The van der Waals surface area contributed by atoms with Gasteiger partial charge in [-0.25, -0.2) is 8.42 Å². The van der Waals surface area contributed by atoms with Gasteiger partial charge in [0.05, 0.1) is 19.1 Å². The van der Waals surface area contributed by atoms with Crippen LogP contribution in [0, 0.1) is 5.92 Å². The molecule has 0 aromatic carbocycles. The van der Waals surface area contributed by atoms with Crippen LogP contribution in [-0.4, -0.2) is 61.2 Å². The Balaban J connectivity index is 1.80. The molecule has 1 saturated heterocycles. The van der Waals surface area contributed by atoms with E-state index in [4.69, 9.17) is 9.15 Å². The normalized spacial score (nSPS) is 19.4. The van der Waals surface area contributed by atoms with Crippen LogP contribution in [0.4, 0.5) is 0 Å². The fourth-order valence-corrected chi connectivity index (χ4v) is 4.07. The summed E-state index contributed by atoms with van der Waals surface area (Å²) >= 11 is 0. The number of carbonyl (C=O) groups excluding carboxylic acids is 1. The average molecular weight is 382 g/mol. The van der Waals surface area contributed by atoms with E-state index >= 15 is 0 Å². The Morgan fingerprint density at radius 1 is 1.38 bits per heavy atom. The maximum Gasteiger partial charge on any atom is 0.276 e. The van der Waals surface area contributed by atoms with Gasteiger partial charge in [-0.15, -0.1) is 0 Å². The van der Waals surface area contributed by atoms with Crippen LogP contribution in [0.2, 0.25) is 0 Å². The Labute approximate surface area is 151 Å². The van der Waals surface area contributed by atoms with Gasteiger partial charge in [0.1, 0.15) is 5.69 Å². The van der Waals surface area contributed by atoms with Gasteiger partial charge in [-0.05, 0) is 32.0 Å². The number of amides is 1. The molecule has 1 fully saturated rings. The first kappa shape index (κ1) is 18.6. The van der Waals surface area contributed by atoms with Gasteiger partial charge in [-0.2, -0.15) is 9.40 Å². The van der Waals surface area contributed by atoms with Crippen molar-refractivity contribution in [2.45, 2.75) is 25.0 Å². The van der Waals surface area contributed by atoms with Crippen LogP contribution >= 0.6 is 0 Å². The van der Waals surface area contributed by atoms with Gasteiger partial charge in [-0.3, -0.25) is 9.89 Å². The van der Waals surface area contributed by atoms with E-state index in [0.717, 1.165) is 0 Å². The Kier molecular flexibility index (Phi) is 5.44. The highest BCUT2D eigenvalue weighted by Gasteiger charge is 2.34. The molecule has 2 N–H and O–H groups in total. The average Bonchev–Trinajstić information content (AvgIpc) is 3.20. The second-order valence-corrected chi connectivity index (χ2v) is 8.26. The Morgan fingerprint density at radius 3 is 2.88 bits per heavy atom. The topological polar surface area (TPSA) is 118 Å². The molecule has 0 radical (unpaired) electrons. The van der Waals surface area contributed by atoms with Crippen LogP contribution in [-0.2, 0) is 19.6 Å². The summed E-state index contributed by atoms with van der Waals surface area (Å²) in [5, 5.41) is 9.17. The molecule has 1 aliphatic rings. The van der Waals surface area contributed by atoms with Crippen LogP contribution in [0.5, 0.6) is 0 Å². The Bertz CT molecular complexity index is 844. The van der Waals surface area contributed by atoms with Gasteiger partial charge < -0.3 is 14.5 Å². The van der Waals surface area contributed by atoms with Crippen molar-refractivity contribution in [3.63, 3.8) is 0 Å². The number of hydrogen-bond acceptors (Lipinski definition) is 6. The van der Waals surface area contributed by atoms with Crippen molar-refractivity contribution in [1.82, 2.24) is 19.8 Å². The largest absolute Gasteiger partial charge is 0.442 e. The molecular formula is C16H22N4O5S. The van der Waals surface area contributed by atoms with Crippen molar-refractivity contribution < 1.29 is 22.4 Å². The van der Waals surface area contributed by atoms with E-state index in [9.17, 15) is 13.2 Å². The number of hydrogen-bond donors (Lipinski definition) is 2.